The second kappa shape index (κ2) is 5.26. The van der Waals surface area contributed by atoms with Crippen LogP contribution in [0, 0.1) is 5.41 Å². The summed E-state index contributed by atoms with van der Waals surface area (Å²) in [5.41, 5.74) is 6.37. The lowest BCUT2D eigenvalue weighted by Crippen LogP contribution is -2.69. The molecule has 0 aromatic carbocycles. The Bertz CT molecular complexity index is 565. The van der Waals surface area contributed by atoms with Crippen molar-refractivity contribution in [2.24, 2.45) is 11.1 Å². The minimum absolute atomic E-state index is 0.0436. The Labute approximate surface area is 126 Å². The van der Waals surface area contributed by atoms with E-state index >= 15 is 0 Å². The smallest absolute Gasteiger partial charge is 0.349 e. The number of hydrogen-bond acceptors (Lipinski definition) is 3. The Balaban J connectivity index is 1.56. The molecule has 2 atom stereocenters. The predicted octanol–water partition coefficient (Wildman–Crippen LogP) is 1.84. The van der Waals surface area contributed by atoms with E-state index in [4.69, 9.17) is 5.73 Å². The highest BCUT2D eigenvalue weighted by Crippen LogP contribution is 2.55. The van der Waals surface area contributed by atoms with Gasteiger partial charge in [0.05, 0.1) is 18.2 Å². The van der Waals surface area contributed by atoms with Gasteiger partial charge in [0, 0.05) is 30.2 Å². The highest BCUT2D eigenvalue weighted by molar-refractivity contribution is 5.94. The first-order valence-electron chi connectivity index (χ1n) is 7.46. The van der Waals surface area contributed by atoms with Crippen molar-refractivity contribution in [1.82, 2.24) is 15.1 Å². The van der Waals surface area contributed by atoms with Crippen molar-refractivity contribution >= 4 is 5.91 Å². The summed E-state index contributed by atoms with van der Waals surface area (Å²) in [4.78, 5) is 12.2. The van der Waals surface area contributed by atoms with Gasteiger partial charge in [-0.1, -0.05) is 6.42 Å². The lowest BCUT2D eigenvalue weighted by atomic mass is 9.50. The SMILES string of the molecule is NC1CC(NC(=O)c2cnn(CCC(F)(F)F)c2)C12CCC2. The molecule has 22 heavy (non-hydrogen) atoms. The number of rotatable bonds is 4. The maximum absolute atomic E-state index is 12.2. The van der Waals surface area contributed by atoms with Crippen molar-refractivity contribution in [1.29, 1.82) is 0 Å². The zero-order valence-corrected chi connectivity index (χ0v) is 12.1. The molecule has 1 heterocycles. The maximum Gasteiger partial charge on any atom is 0.390 e. The first-order valence-corrected chi connectivity index (χ1v) is 7.46. The van der Waals surface area contributed by atoms with Crippen LogP contribution in [0.25, 0.3) is 0 Å². The zero-order chi connectivity index (χ0) is 16.0. The molecule has 2 saturated carbocycles. The van der Waals surface area contributed by atoms with E-state index in [9.17, 15) is 18.0 Å². The first-order chi connectivity index (χ1) is 10.3. The molecule has 2 aliphatic carbocycles. The normalized spacial score (nSPS) is 26.4. The van der Waals surface area contributed by atoms with Gasteiger partial charge in [-0.15, -0.1) is 0 Å². The summed E-state index contributed by atoms with van der Waals surface area (Å²) in [6, 6.07) is 0.211. The molecule has 0 saturated heterocycles. The molecule has 1 aromatic heterocycles. The number of carbonyl (C=O) groups excluding carboxylic acids is 1. The number of nitrogens with two attached hydrogens (primary N) is 1. The minimum atomic E-state index is -4.23. The molecule has 2 unspecified atom stereocenters. The number of aryl methyl sites for hydroxylation is 1. The van der Waals surface area contributed by atoms with E-state index in [1.165, 1.54) is 12.4 Å². The third-order valence-corrected chi connectivity index (χ3v) is 5.03. The van der Waals surface area contributed by atoms with Gasteiger partial charge in [-0.05, 0) is 19.3 Å². The van der Waals surface area contributed by atoms with Crippen molar-refractivity contribution in [2.45, 2.75) is 56.9 Å². The van der Waals surface area contributed by atoms with Crippen molar-refractivity contribution in [3.8, 4) is 0 Å². The van der Waals surface area contributed by atoms with Gasteiger partial charge in [0.1, 0.15) is 0 Å². The van der Waals surface area contributed by atoms with E-state index in [1.54, 1.807) is 0 Å². The largest absolute Gasteiger partial charge is 0.390 e. The third kappa shape index (κ3) is 2.71. The van der Waals surface area contributed by atoms with Crippen molar-refractivity contribution in [3.63, 3.8) is 0 Å². The summed E-state index contributed by atoms with van der Waals surface area (Å²) in [5.74, 6) is -0.290. The number of nitrogens with one attached hydrogen (secondary N) is 1. The molecule has 2 aliphatic rings. The van der Waals surface area contributed by atoms with Crippen LogP contribution in [0.2, 0.25) is 0 Å². The summed E-state index contributed by atoms with van der Waals surface area (Å²) >= 11 is 0. The quantitative estimate of drug-likeness (QED) is 0.890. The van der Waals surface area contributed by atoms with Crippen LogP contribution < -0.4 is 11.1 Å². The average Bonchev–Trinajstić information content (AvgIpc) is 2.81. The number of aromatic nitrogens is 2. The molecule has 1 aromatic rings. The number of alkyl halides is 3. The molecule has 3 N–H and O–H groups in total. The van der Waals surface area contributed by atoms with E-state index in [0.29, 0.717) is 0 Å². The molecule has 5 nitrogen and oxygen atoms in total. The van der Waals surface area contributed by atoms with Gasteiger partial charge >= 0.3 is 6.18 Å². The monoisotopic (exact) mass is 316 g/mol. The van der Waals surface area contributed by atoms with Crippen LogP contribution in [0.1, 0.15) is 42.5 Å². The fourth-order valence-electron chi connectivity index (χ4n) is 3.41. The second-order valence-corrected chi connectivity index (χ2v) is 6.31. The van der Waals surface area contributed by atoms with Crippen molar-refractivity contribution in [3.05, 3.63) is 18.0 Å². The van der Waals surface area contributed by atoms with E-state index in [2.05, 4.69) is 10.4 Å². The summed E-state index contributed by atoms with van der Waals surface area (Å²) in [7, 11) is 0. The molecule has 3 rings (SSSR count). The Hall–Kier alpha value is -1.57. The Morgan fingerprint density at radius 1 is 1.50 bits per heavy atom. The Kier molecular flexibility index (Phi) is 3.66. The van der Waals surface area contributed by atoms with Gasteiger partial charge in [-0.2, -0.15) is 18.3 Å². The van der Waals surface area contributed by atoms with Crippen LogP contribution in [0.4, 0.5) is 13.2 Å². The third-order valence-electron chi connectivity index (χ3n) is 5.03. The van der Waals surface area contributed by atoms with Crippen molar-refractivity contribution < 1.29 is 18.0 Å². The molecular formula is C14H19F3N4O. The average molecular weight is 316 g/mol. The van der Waals surface area contributed by atoms with Crippen LogP contribution in [0.15, 0.2) is 12.4 Å². The molecule has 2 fully saturated rings. The highest BCUT2D eigenvalue weighted by Gasteiger charge is 2.57. The molecule has 122 valence electrons. The molecule has 1 amide bonds. The van der Waals surface area contributed by atoms with Gasteiger partial charge in [-0.3, -0.25) is 9.48 Å². The molecule has 8 heteroatoms. The van der Waals surface area contributed by atoms with Gasteiger partial charge in [0.25, 0.3) is 5.91 Å². The second-order valence-electron chi connectivity index (χ2n) is 6.31. The van der Waals surface area contributed by atoms with E-state index in [-0.39, 0.29) is 35.5 Å². The van der Waals surface area contributed by atoms with Gasteiger partial charge in [0.2, 0.25) is 0 Å². The number of amides is 1. The standard InChI is InChI=1S/C14H19F3N4O/c15-14(16,17)4-5-21-8-9(7-19-21)12(22)20-11-6-10(18)13(11)2-1-3-13/h7-8,10-11H,1-6,18H2,(H,20,22). The molecular weight excluding hydrogens is 297 g/mol. The van der Waals surface area contributed by atoms with E-state index in [0.717, 1.165) is 30.4 Å². The molecule has 0 aliphatic heterocycles. The Morgan fingerprint density at radius 2 is 2.23 bits per heavy atom. The number of hydrogen-bond donors (Lipinski definition) is 2. The van der Waals surface area contributed by atoms with Crippen molar-refractivity contribution in [2.75, 3.05) is 0 Å². The van der Waals surface area contributed by atoms with E-state index < -0.39 is 12.6 Å². The molecule has 0 bridgehead atoms. The lowest BCUT2D eigenvalue weighted by Gasteiger charge is -2.60. The van der Waals surface area contributed by atoms with Gasteiger partial charge in [0.15, 0.2) is 0 Å². The van der Waals surface area contributed by atoms with E-state index in [1.807, 2.05) is 0 Å². The van der Waals surface area contributed by atoms with Crippen LogP contribution in [0.5, 0.6) is 0 Å². The van der Waals surface area contributed by atoms with Gasteiger partial charge in [-0.25, -0.2) is 0 Å². The summed E-state index contributed by atoms with van der Waals surface area (Å²) in [6.45, 7) is -0.283. The fraction of sp³-hybridized carbons (Fsp3) is 0.714. The fourth-order valence-corrected chi connectivity index (χ4v) is 3.41. The highest BCUT2D eigenvalue weighted by atomic mass is 19.4. The number of nitrogens with zero attached hydrogens (tertiary/aromatic N) is 2. The Morgan fingerprint density at radius 3 is 2.77 bits per heavy atom. The molecule has 1 spiro atoms. The first kappa shape index (κ1) is 15.3. The van der Waals surface area contributed by atoms with Gasteiger partial charge < -0.3 is 11.1 Å². The zero-order valence-electron chi connectivity index (χ0n) is 12.1. The topological polar surface area (TPSA) is 72.9 Å². The summed E-state index contributed by atoms with van der Waals surface area (Å²) in [5, 5.41) is 6.76. The molecule has 0 radical (unpaired) electrons. The maximum atomic E-state index is 12.2. The summed E-state index contributed by atoms with van der Waals surface area (Å²) < 4.78 is 37.6. The number of halogens is 3. The van der Waals surface area contributed by atoms with Crippen LogP contribution >= 0.6 is 0 Å². The minimum Gasteiger partial charge on any atom is -0.349 e. The van der Waals surface area contributed by atoms with Crippen LogP contribution in [0.3, 0.4) is 0 Å². The van der Waals surface area contributed by atoms with Crippen LogP contribution in [-0.2, 0) is 6.54 Å². The lowest BCUT2D eigenvalue weighted by molar-refractivity contribution is -0.137. The summed E-state index contributed by atoms with van der Waals surface area (Å²) in [6.07, 6.45) is 1.42. The van der Waals surface area contributed by atoms with Crippen LogP contribution in [-0.4, -0.2) is 33.9 Å². The number of carbonyl (C=O) groups is 1. The predicted molar refractivity (Wildman–Crippen MR) is 73.0 cm³/mol.